The van der Waals surface area contributed by atoms with Crippen molar-refractivity contribution in [2.24, 2.45) is 0 Å². The fourth-order valence-electron chi connectivity index (χ4n) is 4.84. The van der Waals surface area contributed by atoms with Gasteiger partial charge in [-0.2, -0.15) is 0 Å². The summed E-state index contributed by atoms with van der Waals surface area (Å²) in [5.74, 6) is 0.364. The minimum Gasteiger partial charge on any atom is -0.396 e. The van der Waals surface area contributed by atoms with Gasteiger partial charge in [-0.3, -0.25) is 0 Å². The molecule has 4 rings (SSSR count). The molecule has 0 bridgehead atoms. The number of nitrogens with zero attached hydrogens (tertiary/aromatic N) is 1. The molecule has 0 aliphatic rings. The number of hydrogen-bond donors (Lipinski definition) is 0. The summed E-state index contributed by atoms with van der Waals surface area (Å²) >= 11 is -1.00. The molecule has 208 valence electrons. The second kappa shape index (κ2) is 12.7. The Morgan fingerprint density at radius 1 is 0.825 bits per heavy atom. The predicted octanol–water partition coefficient (Wildman–Crippen LogP) is 6.78. The molecule has 40 heavy (non-hydrogen) atoms. The molecule has 0 aromatic heterocycles. The SMILES string of the molecule is C=C[C@@H](C[S+]([N-]S(=O)(=O)c1ccc(C)cc1)c1ccccc1)O[Si](c1ccccc1)(c1ccccc1)C(C)(C)C. The Morgan fingerprint density at radius 3 is 1.75 bits per heavy atom. The number of hydrogen-bond acceptors (Lipinski definition) is 3. The second-order valence-corrected chi connectivity index (χ2v) is 18.6. The van der Waals surface area contributed by atoms with Crippen molar-refractivity contribution in [1.82, 2.24) is 0 Å². The highest BCUT2D eigenvalue weighted by Gasteiger charge is 2.51. The molecule has 4 aromatic carbocycles. The summed E-state index contributed by atoms with van der Waals surface area (Å²) in [6, 6.07) is 37.3. The second-order valence-electron chi connectivity index (χ2n) is 10.8. The Morgan fingerprint density at radius 2 is 1.30 bits per heavy atom. The monoisotopic (exact) mass is 587 g/mol. The van der Waals surface area contributed by atoms with E-state index in [1.165, 1.54) is 0 Å². The van der Waals surface area contributed by atoms with E-state index in [9.17, 15) is 8.42 Å². The summed E-state index contributed by atoms with van der Waals surface area (Å²) < 4.78 is 38.7. The van der Waals surface area contributed by atoms with E-state index in [2.05, 4.69) is 80.0 Å². The molecule has 0 heterocycles. The largest absolute Gasteiger partial charge is 0.396 e. The molecular formula is C33H37NO3S2Si. The molecule has 7 heteroatoms. The Bertz CT molecular complexity index is 1450. The van der Waals surface area contributed by atoms with Gasteiger partial charge in [-0.1, -0.05) is 123 Å². The van der Waals surface area contributed by atoms with Gasteiger partial charge in [0.25, 0.3) is 8.32 Å². The zero-order valence-corrected chi connectivity index (χ0v) is 26.2. The summed E-state index contributed by atoms with van der Waals surface area (Å²) in [5.41, 5.74) is 0.992. The van der Waals surface area contributed by atoms with Crippen LogP contribution in [0.5, 0.6) is 0 Å². The smallest absolute Gasteiger partial charge is 0.262 e. The van der Waals surface area contributed by atoms with Crippen LogP contribution in [0.25, 0.3) is 4.13 Å². The third-order valence-electron chi connectivity index (χ3n) is 6.85. The lowest BCUT2D eigenvalue weighted by atomic mass is 10.2. The van der Waals surface area contributed by atoms with Crippen LogP contribution in [0.4, 0.5) is 0 Å². The molecule has 0 aliphatic heterocycles. The van der Waals surface area contributed by atoms with Gasteiger partial charge in [0, 0.05) is 0 Å². The van der Waals surface area contributed by atoms with Crippen LogP contribution < -0.4 is 10.4 Å². The van der Waals surface area contributed by atoms with Gasteiger partial charge in [-0.15, -0.1) is 6.58 Å². The first-order chi connectivity index (χ1) is 19.1. The van der Waals surface area contributed by atoms with Crippen molar-refractivity contribution in [2.75, 3.05) is 5.75 Å². The lowest BCUT2D eigenvalue weighted by Gasteiger charge is -2.44. The predicted molar refractivity (Wildman–Crippen MR) is 171 cm³/mol. The molecule has 0 saturated heterocycles. The average Bonchev–Trinajstić information content (AvgIpc) is 2.95. The number of sulfonamides is 1. The van der Waals surface area contributed by atoms with Gasteiger partial charge >= 0.3 is 0 Å². The topological polar surface area (TPSA) is 57.5 Å². The van der Waals surface area contributed by atoms with E-state index < -0.39 is 35.5 Å². The molecule has 2 atom stereocenters. The lowest BCUT2D eigenvalue weighted by Crippen LogP contribution is -2.68. The molecule has 0 fully saturated rings. The van der Waals surface area contributed by atoms with Gasteiger partial charge in [0.1, 0.15) is 26.8 Å². The molecule has 0 amide bonds. The van der Waals surface area contributed by atoms with Crippen LogP contribution in [-0.4, -0.2) is 28.6 Å². The maximum atomic E-state index is 13.5. The van der Waals surface area contributed by atoms with Gasteiger partial charge in [0.05, 0.1) is 4.90 Å². The van der Waals surface area contributed by atoms with Crippen molar-refractivity contribution in [2.45, 2.75) is 48.6 Å². The molecule has 0 aliphatic carbocycles. The normalized spacial score (nSPS) is 13.9. The van der Waals surface area contributed by atoms with Gasteiger partial charge in [0.2, 0.25) is 0 Å². The van der Waals surface area contributed by atoms with Crippen LogP contribution in [0.3, 0.4) is 0 Å². The zero-order chi connectivity index (χ0) is 28.8. The average molecular weight is 588 g/mol. The van der Waals surface area contributed by atoms with Crippen molar-refractivity contribution in [3.05, 3.63) is 138 Å². The zero-order valence-electron chi connectivity index (χ0n) is 23.5. The fourth-order valence-corrected chi connectivity index (χ4v) is 13.2. The number of rotatable bonds is 11. The van der Waals surface area contributed by atoms with Gasteiger partial charge < -0.3 is 8.55 Å². The van der Waals surface area contributed by atoms with Crippen LogP contribution >= 0.6 is 0 Å². The summed E-state index contributed by atoms with van der Waals surface area (Å²) in [7, 11) is -6.78. The van der Waals surface area contributed by atoms with Crippen LogP contribution in [0.15, 0.2) is 138 Å². The minimum atomic E-state index is -3.90. The summed E-state index contributed by atoms with van der Waals surface area (Å²) in [6.07, 6.45) is 1.36. The van der Waals surface area contributed by atoms with E-state index in [1.807, 2.05) is 49.4 Å². The molecule has 0 N–H and O–H groups in total. The van der Waals surface area contributed by atoms with Crippen LogP contribution in [-0.2, 0) is 25.5 Å². The van der Waals surface area contributed by atoms with Gasteiger partial charge in [-0.25, -0.2) is 8.42 Å². The maximum absolute atomic E-state index is 13.5. The molecule has 4 nitrogen and oxygen atoms in total. The van der Waals surface area contributed by atoms with Crippen molar-refractivity contribution in [3.8, 4) is 0 Å². The minimum absolute atomic E-state index is 0.189. The number of aryl methyl sites for hydroxylation is 1. The van der Waals surface area contributed by atoms with E-state index >= 15 is 0 Å². The lowest BCUT2D eigenvalue weighted by molar-refractivity contribution is 0.256. The summed E-state index contributed by atoms with van der Waals surface area (Å²) in [5, 5.41) is 2.08. The molecule has 1 unspecified atom stereocenters. The first-order valence-electron chi connectivity index (χ1n) is 13.3. The molecule has 0 spiro atoms. The highest BCUT2D eigenvalue weighted by molar-refractivity contribution is 8.14. The van der Waals surface area contributed by atoms with E-state index in [1.54, 1.807) is 30.3 Å². The Balaban J connectivity index is 1.76. The first kappa shape index (κ1) is 30.0. The van der Waals surface area contributed by atoms with Crippen molar-refractivity contribution < 1.29 is 12.8 Å². The third kappa shape index (κ3) is 6.67. The van der Waals surface area contributed by atoms with Crippen LogP contribution in [0.1, 0.15) is 26.3 Å². The van der Waals surface area contributed by atoms with E-state index in [-0.39, 0.29) is 9.93 Å². The molecular weight excluding hydrogens is 551 g/mol. The number of benzene rings is 4. The van der Waals surface area contributed by atoms with Crippen LogP contribution in [0.2, 0.25) is 5.04 Å². The molecule has 4 aromatic rings. The Labute approximate surface area is 243 Å². The van der Waals surface area contributed by atoms with Gasteiger partial charge in [0.15, 0.2) is 0 Å². The fraction of sp³-hybridized carbons (Fsp3) is 0.212. The Kier molecular flexibility index (Phi) is 9.54. The highest BCUT2D eigenvalue weighted by atomic mass is 32.3. The maximum Gasteiger partial charge on any atom is 0.262 e. The van der Waals surface area contributed by atoms with E-state index in [4.69, 9.17) is 4.43 Å². The highest BCUT2D eigenvalue weighted by Crippen LogP contribution is 2.38. The Hall–Kier alpha value is -2.94. The van der Waals surface area contributed by atoms with Gasteiger partial charge in [-0.05, 0) is 57.7 Å². The summed E-state index contributed by atoms with van der Waals surface area (Å²) in [4.78, 5) is 1.03. The van der Waals surface area contributed by atoms with Crippen molar-refractivity contribution in [1.29, 1.82) is 0 Å². The van der Waals surface area contributed by atoms with Crippen molar-refractivity contribution >= 4 is 39.8 Å². The quantitative estimate of drug-likeness (QED) is 0.110. The van der Waals surface area contributed by atoms with Crippen molar-refractivity contribution in [3.63, 3.8) is 0 Å². The molecule has 0 radical (unpaired) electrons. The summed E-state index contributed by atoms with van der Waals surface area (Å²) in [6.45, 7) is 12.7. The molecule has 0 saturated carbocycles. The standard InChI is InChI=1S/C33H37NO3S2Si/c1-6-28(37-40(33(3,4)5,31-18-12-8-13-19-31)32-20-14-9-15-21-32)26-38(29-16-10-7-11-17-29)34-39(35,36)30-24-22-27(2)23-25-30/h6-25,28H,1,26H2,2-5H3/t28-,38?/m0/s1. The van der Waals surface area contributed by atoms with E-state index in [0.29, 0.717) is 5.75 Å². The van der Waals surface area contributed by atoms with E-state index in [0.717, 1.165) is 20.8 Å². The van der Waals surface area contributed by atoms with Crippen LogP contribution in [0, 0.1) is 6.92 Å². The first-order valence-corrected chi connectivity index (χ1v) is 18.0. The third-order valence-corrected chi connectivity index (χ3v) is 15.7.